The molecule has 3 aromatic carbocycles. The van der Waals surface area contributed by atoms with Crippen LogP contribution in [0.15, 0.2) is 91.6 Å². The number of rotatable bonds is 8. The zero-order valence-corrected chi connectivity index (χ0v) is 21.2. The van der Waals surface area contributed by atoms with Crippen LogP contribution in [0, 0.1) is 0 Å². The van der Waals surface area contributed by atoms with Gasteiger partial charge in [-0.2, -0.15) is 0 Å². The van der Waals surface area contributed by atoms with Crippen LogP contribution in [0.1, 0.15) is 22.3 Å². The van der Waals surface area contributed by atoms with Crippen molar-refractivity contribution in [3.8, 4) is 17.2 Å². The van der Waals surface area contributed by atoms with Gasteiger partial charge in [-0.15, -0.1) is 10.2 Å². The molecule has 1 N–H and O–H groups in total. The Morgan fingerprint density at radius 1 is 0.895 bits per heavy atom. The van der Waals surface area contributed by atoms with Crippen molar-refractivity contribution >= 4 is 16.8 Å². The molecule has 0 atom stereocenters. The number of piperazine rings is 1. The van der Waals surface area contributed by atoms with E-state index in [4.69, 9.17) is 4.74 Å². The predicted octanol–water partition coefficient (Wildman–Crippen LogP) is 4.93. The third-order valence-electron chi connectivity index (χ3n) is 7.14. The van der Waals surface area contributed by atoms with Crippen LogP contribution in [0.3, 0.4) is 0 Å². The molecule has 1 saturated heterocycles. The summed E-state index contributed by atoms with van der Waals surface area (Å²) in [5, 5.41) is 9.07. The zero-order valence-electron chi connectivity index (χ0n) is 21.2. The number of hydrogen-bond donors (Lipinski definition) is 1. The topological polar surface area (TPSA) is 79.3 Å². The summed E-state index contributed by atoms with van der Waals surface area (Å²) in [7, 11) is 0. The molecule has 1 fully saturated rings. The highest BCUT2D eigenvalue weighted by atomic mass is 16.5. The third kappa shape index (κ3) is 5.17. The van der Waals surface area contributed by atoms with Gasteiger partial charge in [0.05, 0.1) is 5.56 Å². The highest BCUT2D eigenvalue weighted by Crippen LogP contribution is 2.27. The number of para-hydroxylation sites is 2. The van der Waals surface area contributed by atoms with Gasteiger partial charge < -0.3 is 14.6 Å². The maximum Gasteiger partial charge on any atom is 0.257 e. The molecule has 38 heavy (non-hydrogen) atoms. The van der Waals surface area contributed by atoms with Gasteiger partial charge >= 0.3 is 0 Å². The highest BCUT2D eigenvalue weighted by Gasteiger charge is 2.24. The SMILES string of the molecule is O=C(c1ccccc1Oc1ccccc1)N1CCN(CCCc2c[nH]c3ccc(-n4cnnc4)cc23)CC1. The second-order valence-corrected chi connectivity index (χ2v) is 9.56. The predicted molar refractivity (Wildman–Crippen MR) is 147 cm³/mol. The molecule has 8 nitrogen and oxygen atoms in total. The maximum absolute atomic E-state index is 13.3. The fourth-order valence-electron chi connectivity index (χ4n) is 5.05. The minimum Gasteiger partial charge on any atom is -0.457 e. The van der Waals surface area contributed by atoms with Crippen LogP contribution in [0.5, 0.6) is 11.5 Å². The Labute approximate surface area is 221 Å². The minimum atomic E-state index is 0.0267. The summed E-state index contributed by atoms with van der Waals surface area (Å²) >= 11 is 0. The number of benzene rings is 3. The van der Waals surface area contributed by atoms with E-state index in [-0.39, 0.29) is 5.91 Å². The van der Waals surface area contributed by atoms with Crippen LogP contribution in [0.25, 0.3) is 16.6 Å². The molecule has 2 aromatic heterocycles. The number of aromatic amines is 1. The average Bonchev–Trinajstić information content (AvgIpc) is 3.65. The van der Waals surface area contributed by atoms with Crippen molar-refractivity contribution in [2.24, 2.45) is 0 Å². The van der Waals surface area contributed by atoms with E-state index in [9.17, 15) is 4.79 Å². The lowest BCUT2D eigenvalue weighted by Gasteiger charge is -2.35. The number of nitrogens with zero attached hydrogens (tertiary/aromatic N) is 5. The number of amides is 1. The molecule has 8 heteroatoms. The summed E-state index contributed by atoms with van der Waals surface area (Å²) in [6, 6.07) is 23.4. The van der Waals surface area contributed by atoms with Crippen molar-refractivity contribution in [1.29, 1.82) is 0 Å². The van der Waals surface area contributed by atoms with Gasteiger partial charge in [-0.05, 0) is 67.4 Å². The standard InChI is InChI=1S/C30H30N6O2/c37-30(26-10-4-5-11-29(26)38-25-8-2-1-3-9-25)35-17-15-34(16-18-35)14-6-7-23-20-31-28-13-12-24(19-27(23)28)36-21-32-33-22-36/h1-5,8-13,19-22,31H,6-7,14-18H2. The Balaban J connectivity index is 1.03. The molecule has 6 rings (SSSR count). The van der Waals surface area contributed by atoms with E-state index in [1.807, 2.05) is 64.1 Å². The number of ether oxygens (including phenoxy) is 1. The van der Waals surface area contributed by atoms with Gasteiger partial charge in [-0.3, -0.25) is 14.3 Å². The minimum absolute atomic E-state index is 0.0267. The van der Waals surface area contributed by atoms with Crippen molar-refractivity contribution in [2.75, 3.05) is 32.7 Å². The number of carbonyl (C=O) groups is 1. The first-order chi connectivity index (χ1) is 18.7. The second kappa shape index (κ2) is 10.9. The molecule has 1 aliphatic rings. The van der Waals surface area contributed by atoms with E-state index in [1.165, 1.54) is 10.9 Å². The van der Waals surface area contributed by atoms with Crippen LogP contribution >= 0.6 is 0 Å². The number of carbonyl (C=O) groups excluding carboxylic acids is 1. The number of aromatic nitrogens is 4. The molecule has 0 aliphatic carbocycles. The van der Waals surface area contributed by atoms with Crippen LogP contribution in [0.4, 0.5) is 0 Å². The fourth-order valence-corrected chi connectivity index (χ4v) is 5.05. The Hall–Kier alpha value is -4.43. The van der Waals surface area contributed by atoms with Crippen molar-refractivity contribution in [3.05, 3.63) is 103 Å². The molecule has 0 saturated carbocycles. The van der Waals surface area contributed by atoms with Crippen molar-refractivity contribution < 1.29 is 9.53 Å². The lowest BCUT2D eigenvalue weighted by Crippen LogP contribution is -2.48. The normalized spacial score (nSPS) is 14.2. The summed E-state index contributed by atoms with van der Waals surface area (Å²) in [6.07, 6.45) is 7.60. The molecule has 3 heterocycles. The molecule has 0 spiro atoms. The van der Waals surface area contributed by atoms with Crippen molar-refractivity contribution in [3.63, 3.8) is 0 Å². The number of nitrogens with one attached hydrogen (secondary N) is 1. The Bertz CT molecular complexity index is 1500. The number of aryl methyl sites for hydroxylation is 1. The molecule has 1 aliphatic heterocycles. The monoisotopic (exact) mass is 506 g/mol. The lowest BCUT2D eigenvalue weighted by molar-refractivity contribution is 0.0633. The van der Waals surface area contributed by atoms with Crippen LogP contribution in [-0.4, -0.2) is 68.2 Å². The Kier molecular flexibility index (Phi) is 6.87. The zero-order chi connectivity index (χ0) is 25.7. The molecule has 0 unspecified atom stereocenters. The molecule has 0 radical (unpaired) electrons. The number of H-pyrrole nitrogens is 1. The van der Waals surface area contributed by atoms with Crippen LogP contribution in [-0.2, 0) is 6.42 Å². The number of hydrogen-bond acceptors (Lipinski definition) is 5. The number of fused-ring (bicyclic) bond motifs is 1. The van der Waals surface area contributed by atoms with E-state index in [2.05, 4.69) is 44.5 Å². The summed E-state index contributed by atoms with van der Waals surface area (Å²) in [5.74, 6) is 1.35. The van der Waals surface area contributed by atoms with Gasteiger partial charge in [-0.25, -0.2) is 0 Å². The molecule has 5 aromatic rings. The van der Waals surface area contributed by atoms with E-state index in [0.29, 0.717) is 24.4 Å². The molecule has 192 valence electrons. The fraction of sp³-hybridized carbons (Fsp3) is 0.233. The van der Waals surface area contributed by atoms with Gasteiger partial charge in [0.25, 0.3) is 5.91 Å². The second-order valence-electron chi connectivity index (χ2n) is 9.56. The van der Waals surface area contributed by atoms with Gasteiger partial charge in [-0.1, -0.05) is 30.3 Å². The van der Waals surface area contributed by atoms with E-state index < -0.39 is 0 Å². The van der Waals surface area contributed by atoms with Crippen LogP contribution in [0.2, 0.25) is 0 Å². The summed E-state index contributed by atoms with van der Waals surface area (Å²) < 4.78 is 7.94. The Morgan fingerprint density at radius 2 is 1.66 bits per heavy atom. The van der Waals surface area contributed by atoms with Gasteiger partial charge in [0, 0.05) is 49.0 Å². The molecular formula is C30H30N6O2. The van der Waals surface area contributed by atoms with Gasteiger partial charge in [0.15, 0.2) is 0 Å². The lowest BCUT2D eigenvalue weighted by atomic mass is 10.1. The summed E-state index contributed by atoms with van der Waals surface area (Å²) in [4.78, 5) is 21.1. The largest absolute Gasteiger partial charge is 0.457 e. The summed E-state index contributed by atoms with van der Waals surface area (Å²) in [6.45, 7) is 4.19. The van der Waals surface area contributed by atoms with E-state index in [0.717, 1.165) is 49.4 Å². The van der Waals surface area contributed by atoms with Crippen LogP contribution < -0.4 is 4.74 Å². The summed E-state index contributed by atoms with van der Waals surface area (Å²) in [5.41, 5.74) is 4.12. The maximum atomic E-state index is 13.3. The quantitative estimate of drug-likeness (QED) is 0.323. The first-order valence-corrected chi connectivity index (χ1v) is 13.0. The molecule has 0 bridgehead atoms. The first kappa shape index (κ1) is 23.9. The third-order valence-corrected chi connectivity index (χ3v) is 7.14. The molecular weight excluding hydrogens is 476 g/mol. The highest BCUT2D eigenvalue weighted by molar-refractivity contribution is 5.97. The van der Waals surface area contributed by atoms with E-state index in [1.54, 1.807) is 12.7 Å². The Morgan fingerprint density at radius 3 is 2.47 bits per heavy atom. The first-order valence-electron chi connectivity index (χ1n) is 13.0. The molecule has 1 amide bonds. The smallest absolute Gasteiger partial charge is 0.257 e. The van der Waals surface area contributed by atoms with Gasteiger partial charge in [0.2, 0.25) is 0 Å². The van der Waals surface area contributed by atoms with Crippen molar-refractivity contribution in [1.82, 2.24) is 29.5 Å². The average molecular weight is 507 g/mol. The van der Waals surface area contributed by atoms with Crippen molar-refractivity contribution in [2.45, 2.75) is 12.8 Å². The van der Waals surface area contributed by atoms with Gasteiger partial charge in [0.1, 0.15) is 24.2 Å². The van der Waals surface area contributed by atoms with E-state index >= 15 is 0 Å².